The summed E-state index contributed by atoms with van der Waals surface area (Å²) in [4.78, 5) is 8.83. The second kappa shape index (κ2) is 8.19. The summed E-state index contributed by atoms with van der Waals surface area (Å²) in [6, 6.07) is 10.8. The van der Waals surface area contributed by atoms with Gasteiger partial charge in [-0.25, -0.2) is 9.97 Å². The van der Waals surface area contributed by atoms with Gasteiger partial charge in [-0.2, -0.15) is 0 Å². The van der Waals surface area contributed by atoms with E-state index < -0.39 is 15.2 Å². The normalized spacial score (nSPS) is 12.5. The molecule has 0 aliphatic heterocycles. The molecule has 150 valence electrons. The zero-order valence-corrected chi connectivity index (χ0v) is 19.2. The van der Waals surface area contributed by atoms with Gasteiger partial charge >= 0.3 is 0 Å². The van der Waals surface area contributed by atoms with E-state index in [1.165, 1.54) is 0 Å². The number of nitrogens with one attached hydrogen (secondary N) is 1. The number of ether oxygens (including phenoxy) is 1. The fourth-order valence-corrected chi connectivity index (χ4v) is 4.84. The van der Waals surface area contributed by atoms with Gasteiger partial charge in [-0.3, -0.25) is 0 Å². The lowest BCUT2D eigenvalue weighted by Crippen LogP contribution is -2.22. The number of para-hydroxylation sites is 1. The van der Waals surface area contributed by atoms with E-state index in [4.69, 9.17) is 4.74 Å². The molecule has 0 bridgehead atoms. The van der Waals surface area contributed by atoms with Crippen LogP contribution in [0.1, 0.15) is 0 Å². The molecule has 0 aliphatic carbocycles. The SMILES string of the molecule is C[Si](C)(C)CCOCn1ccc2c(Nc3ccccc3P(C)(C)=O)ncnc21. The van der Waals surface area contributed by atoms with Crippen LogP contribution in [0, 0.1) is 0 Å². The van der Waals surface area contributed by atoms with Gasteiger partial charge in [-0.05, 0) is 37.6 Å². The molecule has 0 aliphatic rings. The molecule has 0 spiro atoms. The van der Waals surface area contributed by atoms with E-state index in [9.17, 15) is 4.57 Å². The molecule has 0 radical (unpaired) electrons. The van der Waals surface area contributed by atoms with Crippen molar-refractivity contribution in [1.82, 2.24) is 14.5 Å². The molecule has 0 fully saturated rings. The van der Waals surface area contributed by atoms with Gasteiger partial charge < -0.3 is 19.2 Å². The van der Waals surface area contributed by atoms with Crippen LogP contribution in [0.25, 0.3) is 11.0 Å². The third-order valence-corrected chi connectivity index (χ3v) is 7.77. The minimum atomic E-state index is -2.41. The first-order valence-electron chi connectivity index (χ1n) is 9.44. The highest BCUT2D eigenvalue weighted by atomic mass is 31.2. The van der Waals surface area contributed by atoms with Crippen molar-refractivity contribution in [2.24, 2.45) is 0 Å². The number of rotatable bonds is 8. The molecule has 1 aromatic carbocycles. The highest BCUT2D eigenvalue weighted by molar-refractivity contribution is 7.70. The Labute approximate surface area is 167 Å². The minimum Gasteiger partial charge on any atom is -0.361 e. The van der Waals surface area contributed by atoms with Crippen molar-refractivity contribution in [3.63, 3.8) is 0 Å². The fourth-order valence-electron chi connectivity index (χ4n) is 2.93. The molecule has 1 N–H and O–H groups in total. The van der Waals surface area contributed by atoms with Crippen LogP contribution in [0.2, 0.25) is 25.7 Å². The van der Waals surface area contributed by atoms with Crippen LogP contribution in [0.15, 0.2) is 42.9 Å². The predicted octanol–water partition coefficient (Wildman–Crippen LogP) is 4.74. The summed E-state index contributed by atoms with van der Waals surface area (Å²) in [5, 5.41) is 5.08. The van der Waals surface area contributed by atoms with Gasteiger partial charge in [-0.15, -0.1) is 0 Å². The van der Waals surface area contributed by atoms with Gasteiger partial charge in [0, 0.05) is 26.2 Å². The Balaban J connectivity index is 1.81. The van der Waals surface area contributed by atoms with Crippen molar-refractivity contribution < 1.29 is 9.30 Å². The molecule has 3 aromatic rings. The minimum absolute atomic E-state index is 0.472. The maximum absolute atomic E-state index is 12.6. The number of benzene rings is 1. The summed E-state index contributed by atoms with van der Waals surface area (Å²) in [7, 11) is -3.51. The number of hydrogen-bond acceptors (Lipinski definition) is 5. The second-order valence-electron chi connectivity index (χ2n) is 8.59. The van der Waals surface area contributed by atoms with Crippen LogP contribution in [-0.2, 0) is 16.0 Å². The fraction of sp³-hybridized carbons (Fsp3) is 0.400. The van der Waals surface area contributed by atoms with Gasteiger partial charge in [0.1, 0.15) is 31.7 Å². The first-order valence-corrected chi connectivity index (χ1v) is 15.8. The summed E-state index contributed by atoms with van der Waals surface area (Å²) >= 11 is 0. The molecule has 28 heavy (non-hydrogen) atoms. The molecule has 3 rings (SSSR count). The monoisotopic (exact) mass is 416 g/mol. The number of aromatic nitrogens is 3. The average Bonchev–Trinajstić information content (AvgIpc) is 3.02. The summed E-state index contributed by atoms with van der Waals surface area (Å²) in [6.07, 6.45) is 3.51. The second-order valence-corrected chi connectivity index (χ2v) is 17.4. The summed E-state index contributed by atoms with van der Waals surface area (Å²) in [5.41, 5.74) is 1.63. The van der Waals surface area contributed by atoms with Crippen molar-refractivity contribution in [3.05, 3.63) is 42.9 Å². The Kier molecular flexibility index (Phi) is 6.08. The van der Waals surface area contributed by atoms with Crippen molar-refractivity contribution >= 4 is 43.1 Å². The Bertz CT molecular complexity index is 1010. The van der Waals surface area contributed by atoms with Gasteiger partial charge in [0.15, 0.2) is 0 Å². The molecule has 0 saturated carbocycles. The third-order valence-electron chi connectivity index (χ3n) is 4.52. The third kappa shape index (κ3) is 5.10. The van der Waals surface area contributed by atoms with E-state index in [0.717, 1.165) is 34.7 Å². The zero-order chi connectivity index (χ0) is 20.4. The molecule has 2 aromatic heterocycles. The lowest BCUT2D eigenvalue weighted by molar-refractivity contribution is 0.0899. The molecular formula is C20H29N4O2PSi. The molecule has 0 atom stereocenters. The predicted molar refractivity (Wildman–Crippen MR) is 120 cm³/mol. The Morgan fingerprint density at radius 3 is 2.61 bits per heavy atom. The number of nitrogens with zero attached hydrogens (tertiary/aromatic N) is 3. The van der Waals surface area contributed by atoms with Crippen LogP contribution in [0.4, 0.5) is 11.5 Å². The molecule has 0 saturated heterocycles. The van der Waals surface area contributed by atoms with Gasteiger partial charge in [0.25, 0.3) is 0 Å². The van der Waals surface area contributed by atoms with Crippen molar-refractivity contribution in [2.75, 3.05) is 25.3 Å². The van der Waals surface area contributed by atoms with Crippen LogP contribution >= 0.6 is 7.14 Å². The van der Waals surface area contributed by atoms with E-state index in [1.807, 2.05) is 41.1 Å². The Morgan fingerprint density at radius 2 is 1.89 bits per heavy atom. The maximum atomic E-state index is 12.6. The first-order chi connectivity index (χ1) is 13.1. The lowest BCUT2D eigenvalue weighted by atomic mass is 10.3. The average molecular weight is 417 g/mol. The van der Waals surface area contributed by atoms with Crippen LogP contribution in [0.5, 0.6) is 0 Å². The standard InChI is InChI=1S/C20H29N4O2PSi/c1-27(2,25)18-9-7-6-8-17(18)23-19-16-10-11-24(20(16)22-14-21-19)15-26-12-13-28(3,4)5/h6-11,14H,12-13,15H2,1-5H3,(H,21,22,23). The smallest absolute Gasteiger partial charge is 0.147 e. The van der Waals surface area contributed by atoms with E-state index in [1.54, 1.807) is 19.7 Å². The quantitative estimate of drug-likeness (QED) is 0.326. The molecule has 2 heterocycles. The largest absolute Gasteiger partial charge is 0.361 e. The molecular weight excluding hydrogens is 387 g/mol. The van der Waals surface area contributed by atoms with Crippen LogP contribution < -0.4 is 10.6 Å². The van der Waals surface area contributed by atoms with E-state index in [0.29, 0.717) is 12.5 Å². The van der Waals surface area contributed by atoms with Gasteiger partial charge in [0.05, 0.1) is 11.1 Å². The number of anilines is 2. The van der Waals surface area contributed by atoms with E-state index in [-0.39, 0.29) is 0 Å². The van der Waals surface area contributed by atoms with Crippen molar-refractivity contribution in [3.8, 4) is 0 Å². The number of hydrogen-bond donors (Lipinski definition) is 1. The van der Waals surface area contributed by atoms with Crippen molar-refractivity contribution in [1.29, 1.82) is 0 Å². The van der Waals surface area contributed by atoms with E-state index in [2.05, 4.69) is 34.9 Å². The van der Waals surface area contributed by atoms with E-state index >= 15 is 0 Å². The number of fused-ring (bicyclic) bond motifs is 1. The lowest BCUT2D eigenvalue weighted by Gasteiger charge is -2.16. The Hall–Kier alpha value is -1.95. The highest BCUT2D eigenvalue weighted by Gasteiger charge is 2.17. The molecule has 8 heteroatoms. The molecule has 0 unspecified atom stereocenters. The summed E-state index contributed by atoms with van der Waals surface area (Å²) in [5.74, 6) is 0.701. The first kappa shape index (κ1) is 20.8. The summed E-state index contributed by atoms with van der Waals surface area (Å²) < 4.78 is 20.5. The van der Waals surface area contributed by atoms with Crippen LogP contribution in [0.3, 0.4) is 0 Å². The van der Waals surface area contributed by atoms with Crippen molar-refractivity contribution in [2.45, 2.75) is 32.4 Å². The topological polar surface area (TPSA) is 69.0 Å². The highest BCUT2D eigenvalue weighted by Crippen LogP contribution is 2.38. The Morgan fingerprint density at radius 1 is 1.14 bits per heavy atom. The maximum Gasteiger partial charge on any atom is 0.147 e. The summed E-state index contributed by atoms with van der Waals surface area (Å²) in [6.45, 7) is 11.8. The van der Waals surface area contributed by atoms with Gasteiger partial charge in [-0.1, -0.05) is 31.8 Å². The zero-order valence-electron chi connectivity index (χ0n) is 17.3. The van der Waals surface area contributed by atoms with Gasteiger partial charge in [0.2, 0.25) is 0 Å². The van der Waals surface area contributed by atoms with Crippen LogP contribution in [-0.4, -0.2) is 42.5 Å². The molecule has 6 nitrogen and oxygen atoms in total. The molecule has 0 amide bonds.